The number of nitrogens with zero attached hydrogens (tertiary/aromatic N) is 2. The highest BCUT2D eigenvalue weighted by Gasteiger charge is 2.35. The Labute approximate surface area is 77.8 Å². The Morgan fingerprint density at radius 1 is 1.62 bits per heavy atom. The molecule has 1 fully saturated rings. The number of rotatable bonds is 1. The predicted molar refractivity (Wildman–Crippen MR) is 47.8 cm³/mol. The van der Waals surface area contributed by atoms with Crippen molar-refractivity contribution in [1.82, 2.24) is 9.80 Å². The molecule has 4 heteroatoms. The normalized spacial score (nSPS) is 26.0. The smallest absolute Gasteiger partial charge is 0.330 e. The number of hydrogen-bond acceptors (Lipinski definition) is 4. The van der Waals surface area contributed by atoms with Gasteiger partial charge in [0.2, 0.25) is 0 Å². The second-order valence-corrected chi connectivity index (χ2v) is 3.49. The topological polar surface area (TPSA) is 32.8 Å². The molecule has 2 bridgehead atoms. The van der Waals surface area contributed by atoms with Crippen LogP contribution >= 0.6 is 0 Å². The van der Waals surface area contributed by atoms with Gasteiger partial charge < -0.3 is 14.5 Å². The summed E-state index contributed by atoms with van der Waals surface area (Å²) in [4.78, 5) is 15.6. The first-order valence-electron chi connectivity index (χ1n) is 4.49. The van der Waals surface area contributed by atoms with Crippen molar-refractivity contribution in [2.45, 2.75) is 13.0 Å². The van der Waals surface area contributed by atoms with Crippen LogP contribution in [0.15, 0.2) is 11.9 Å². The molecule has 0 aromatic carbocycles. The zero-order chi connectivity index (χ0) is 9.42. The number of allylic oxidation sites excluding steroid dienone is 1. The molecule has 3 aliphatic heterocycles. The number of ether oxygens (including phenoxy) is 1. The summed E-state index contributed by atoms with van der Waals surface area (Å²) in [5.74, 6) is -0.131. The maximum atomic E-state index is 11.3. The maximum Gasteiger partial charge on any atom is 0.330 e. The Morgan fingerprint density at radius 3 is 2.85 bits per heavy atom. The fraction of sp³-hybridized carbons (Fsp3) is 0.667. The Balaban J connectivity index is 2.16. The fourth-order valence-electron chi connectivity index (χ4n) is 1.94. The average Bonchev–Trinajstić information content (AvgIpc) is 2.17. The van der Waals surface area contributed by atoms with E-state index in [1.165, 1.54) is 12.8 Å². The summed E-state index contributed by atoms with van der Waals surface area (Å²) >= 11 is 0. The van der Waals surface area contributed by atoms with Crippen LogP contribution in [0.3, 0.4) is 0 Å². The monoisotopic (exact) mass is 182 g/mol. The van der Waals surface area contributed by atoms with Gasteiger partial charge >= 0.3 is 5.97 Å². The summed E-state index contributed by atoms with van der Waals surface area (Å²) in [7, 11) is 1.44. The molecule has 0 saturated carbocycles. The van der Waals surface area contributed by atoms with Crippen molar-refractivity contribution in [3.63, 3.8) is 0 Å². The number of methoxy groups -OCH3 is 1. The zero-order valence-electron chi connectivity index (χ0n) is 7.99. The Hall–Kier alpha value is -1.19. The molecule has 3 aliphatic rings. The molecule has 0 aromatic heterocycles. The minimum absolute atomic E-state index is 0.0950. The largest absolute Gasteiger partial charge is 0.467 e. The number of fused-ring (bicyclic) bond motifs is 2. The maximum absolute atomic E-state index is 11.3. The molecule has 1 atom stereocenters. The molecule has 3 rings (SSSR count). The molecule has 3 heterocycles. The summed E-state index contributed by atoms with van der Waals surface area (Å²) < 4.78 is 4.74. The van der Waals surface area contributed by atoms with Crippen molar-refractivity contribution in [3.05, 3.63) is 11.9 Å². The van der Waals surface area contributed by atoms with E-state index in [0.29, 0.717) is 0 Å². The van der Waals surface area contributed by atoms with Crippen molar-refractivity contribution in [2.75, 3.05) is 26.7 Å². The van der Waals surface area contributed by atoms with E-state index in [1.54, 1.807) is 0 Å². The second kappa shape index (κ2) is 2.94. The number of piperazine rings is 1. The van der Waals surface area contributed by atoms with Crippen LogP contribution in [0, 0.1) is 0 Å². The van der Waals surface area contributed by atoms with E-state index in [-0.39, 0.29) is 12.0 Å². The van der Waals surface area contributed by atoms with Gasteiger partial charge in [0.15, 0.2) is 0 Å². The van der Waals surface area contributed by atoms with E-state index in [4.69, 9.17) is 4.74 Å². The first-order chi connectivity index (χ1) is 6.22. The van der Waals surface area contributed by atoms with Gasteiger partial charge in [-0.1, -0.05) is 0 Å². The first kappa shape index (κ1) is 8.41. The summed E-state index contributed by atoms with van der Waals surface area (Å²) in [5, 5.41) is 0. The summed E-state index contributed by atoms with van der Waals surface area (Å²) in [6, 6.07) is -0.0950. The van der Waals surface area contributed by atoms with Crippen LogP contribution in [-0.2, 0) is 9.53 Å². The molecule has 72 valence electrons. The van der Waals surface area contributed by atoms with Crippen molar-refractivity contribution in [2.24, 2.45) is 0 Å². The molecule has 0 aromatic rings. The lowest BCUT2D eigenvalue weighted by atomic mass is 10.1. The Bertz CT molecular complexity index is 262. The fourth-order valence-corrected chi connectivity index (χ4v) is 1.94. The SMILES string of the molecule is COC(=O)C1CN2CCN1C=C2C. The van der Waals surface area contributed by atoms with Crippen LogP contribution in [0.5, 0.6) is 0 Å². The van der Waals surface area contributed by atoms with Crippen molar-refractivity contribution in [1.29, 1.82) is 0 Å². The first-order valence-corrected chi connectivity index (χ1v) is 4.49. The third-order valence-corrected chi connectivity index (χ3v) is 2.75. The quantitative estimate of drug-likeness (QED) is 0.535. The van der Waals surface area contributed by atoms with E-state index in [1.807, 2.05) is 6.20 Å². The van der Waals surface area contributed by atoms with E-state index in [9.17, 15) is 4.79 Å². The number of carbonyl (C=O) groups is 1. The standard InChI is InChI=1S/C9H14N2O2/c1-7-5-11-4-3-10(7)6-8(11)9(12)13-2/h5,8H,3-4,6H2,1-2H3. The van der Waals surface area contributed by atoms with E-state index < -0.39 is 0 Å². The molecule has 13 heavy (non-hydrogen) atoms. The van der Waals surface area contributed by atoms with Crippen LogP contribution in [0.25, 0.3) is 0 Å². The number of carbonyl (C=O) groups excluding carboxylic acids is 1. The zero-order valence-corrected chi connectivity index (χ0v) is 7.99. The molecule has 4 nitrogen and oxygen atoms in total. The molecule has 0 spiro atoms. The molecule has 0 radical (unpaired) electrons. The van der Waals surface area contributed by atoms with Gasteiger partial charge in [-0.2, -0.15) is 0 Å². The highest BCUT2D eigenvalue weighted by atomic mass is 16.5. The molecular weight excluding hydrogens is 168 g/mol. The number of esters is 1. The van der Waals surface area contributed by atoms with Crippen LogP contribution in [-0.4, -0.2) is 48.6 Å². The average molecular weight is 182 g/mol. The third kappa shape index (κ3) is 1.26. The minimum Gasteiger partial charge on any atom is -0.467 e. The Morgan fingerprint density at radius 2 is 2.38 bits per heavy atom. The van der Waals surface area contributed by atoms with Gasteiger partial charge in [-0.3, -0.25) is 0 Å². The molecular formula is C9H14N2O2. The van der Waals surface area contributed by atoms with Gasteiger partial charge in [0, 0.05) is 31.5 Å². The summed E-state index contributed by atoms with van der Waals surface area (Å²) in [5.41, 5.74) is 1.24. The van der Waals surface area contributed by atoms with Crippen LogP contribution in [0.4, 0.5) is 0 Å². The minimum atomic E-state index is -0.131. The van der Waals surface area contributed by atoms with E-state index in [2.05, 4.69) is 16.7 Å². The van der Waals surface area contributed by atoms with E-state index in [0.717, 1.165) is 19.6 Å². The number of hydrogen-bond donors (Lipinski definition) is 0. The lowest BCUT2D eigenvalue weighted by Gasteiger charge is -2.46. The molecule has 0 aliphatic carbocycles. The van der Waals surface area contributed by atoms with Crippen molar-refractivity contribution in [3.8, 4) is 0 Å². The van der Waals surface area contributed by atoms with Crippen LogP contribution < -0.4 is 0 Å². The second-order valence-electron chi connectivity index (χ2n) is 3.49. The van der Waals surface area contributed by atoms with Crippen molar-refractivity contribution < 1.29 is 9.53 Å². The predicted octanol–water partition coefficient (Wildman–Crippen LogP) is 0.0205. The van der Waals surface area contributed by atoms with Gasteiger partial charge in [0.05, 0.1) is 7.11 Å². The van der Waals surface area contributed by atoms with Gasteiger partial charge in [0.25, 0.3) is 0 Å². The van der Waals surface area contributed by atoms with Crippen molar-refractivity contribution >= 4 is 5.97 Å². The van der Waals surface area contributed by atoms with Gasteiger partial charge in [-0.05, 0) is 6.92 Å². The molecule has 0 amide bonds. The van der Waals surface area contributed by atoms with Gasteiger partial charge in [-0.25, -0.2) is 4.79 Å². The molecule has 1 saturated heterocycles. The van der Waals surface area contributed by atoms with E-state index >= 15 is 0 Å². The Kier molecular flexibility index (Phi) is 1.90. The van der Waals surface area contributed by atoms with Gasteiger partial charge in [-0.15, -0.1) is 0 Å². The molecule has 0 N–H and O–H groups in total. The van der Waals surface area contributed by atoms with Crippen LogP contribution in [0.2, 0.25) is 0 Å². The highest BCUT2D eigenvalue weighted by molar-refractivity contribution is 5.76. The summed E-state index contributed by atoms with van der Waals surface area (Å²) in [6.07, 6.45) is 2.04. The lowest BCUT2D eigenvalue weighted by Crippen LogP contribution is -2.57. The lowest BCUT2D eigenvalue weighted by molar-refractivity contribution is -0.148. The molecule has 1 unspecified atom stereocenters. The van der Waals surface area contributed by atoms with Gasteiger partial charge in [0.1, 0.15) is 6.04 Å². The third-order valence-electron chi connectivity index (χ3n) is 2.75. The highest BCUT2D eigenvalue weighted by Crippen LogP contribution is 2.22. The van der Waals surface area contributed by atoms with Crippen LogP contribution in [0.1, 0.15) is 6.92 Å². The summed E-state index contributed by atoms with van der Waals surface area (Å²) in [6.45, 7) is 4.79.